The lowest BCUT2D eigenvalue weighted by molar-refractivity contribution is 0.330. The third kappa shape index (κ3) is 3.73. The summed E-state index contributed by atoms with van der Waals surface area (Å²) >= 11 is 0. The van der Waals surface area contributed by atoms with Crippen LogP contribution in [0.2, 0.25) is 0 Å². The zero-order valence-electron chi connectivity index (χ0n) is 11.7. The average Bonchev–Trinajstić information content (AvgIpc) is 2.96. The van der Waals surface area contributed by atoms with Crippen LogP contribution in [0.5, 0.6) is 5.75 Å². The van der Waals surface area contributed by atoms with Crippen LogP contribution >= 0.6 is 0 Å². The van der Waals surface area contributed by atoms with Gasteiger partial charge in [-0.3, -0.25) is 4.72 Å². The van der Waals surface area contributed by atoms with E-state index in [-0.39, 0.29) is 5.03 Å². The number of nitrogens with one attached hydrogen (secondary N) is 1. The molecule has 0 unspecified atom stereocenters. The number of aromatic nitrogens is 2. The van der Waals surface area contributed by atoms with Crippen LogP contribution in [-0.2, 0) is 16.6 Å². The van der Waals surface area contributed by atoms with Crippen molar-refractivity contribution in [3.05, 3.63) is 36.8 Å². The minimum atomic E-state index is -3.74. The molecule has 0 aliphatic rings. The normalized spacial score (nSPS) is 11.3. The highest BCUT2D eigenvalue weighted by Gasteiger charge is 2.19. The van der Waals surface area contributed by atoms with Crippen LogP contribution in [0.25, 0.3) is 0 Å². The molecule has 1 aromatic heterocycles. The molecule has 2 rings (SSSR count). The van der Waals surface area contributed by atoms with Gasteiger partial charge in [-0.05, 0) is 19.1 Å². The number of aryl methyl sites for hydroxylation is 1. The average molecular weight is 310 g/mol. The maximum absolute atomic E-state index is 12.3. The van der Waals surface area contributed by atoms with Gasteiger partial charge in [0, 0.05) is 19.3 Å². The molecule has 8 heteroatoms. The number of ether oxygens (including phenoxy) is 1. The van der Waals surface area contributed by atoms with E-state index in [2.05, 4.69) is 9.71 Å². The highest BCUT2D eigenvalue weighted by atomic mass is 32.2. The fraction of sp³-hybridized carbons (Fsp3) is 0.308. The molecule has 0 aliphatic carbocycles. The lowest BCUT2D eigenvalue weighted by Gasteiger charge is -2.12. The van der Waals surface area contributed by atoms with Crippen molar-refractivity contribution < 1.29 is 13.2 Å². The molecule has 1 heterocycles. The summed E-state index contributed by atoms with van der Waals surface area (Å²) in [7, 11) is -3.74. The standard InChI is InChI=1S/C13H18N4O3S/c1-2-17-9-13(15-10-17)21(18,19)16-11-5-3-4-6-12(11)20-8-7-14/h3-6,9-10,16H,2,7-8,14H2,1H3. The molecule has 21 heavy (non-hydrogen) atoms. The van der Waals surface area contributed by atoms with Crippen LogP contribution in [0.4, 0.5) is 5.69 Å². The number of rotatable bonds is 7. The molecule has 0 radical (unpaired) electrons. The number of nitrogens with zero attached hydrogens (tertiary/aromatic N) is 2. The molecule has 3 N–H and O–H groups in total. The zero-order valence-corrected chi connectivity index (χ0v) is 12.5. The van der Waals surface area contributed by atoms with Crippen LogP contribution < -0.4 is 15.2 Å². The largest absolute Gasteiger partial charge is 0.490 e. The summed E-state index contributed by atoms with van der Waals surface area (Å²) in [6.45, 7) is 3.21. The van der Waals surface area contributed by atoms with Gasteiger partial charge in [-0.1, -0.05) is 12.1 Å². The van der Waals surface area contributed by atoms with Crippen molar-refractivity contribution in [3.63, 3.8) is 0 Å². The van der Waals surface area contributed by atoms with Crippen molar-refractivity contribution in [2.24, 2.45) is 5.73 Å². The number of hydrogen-bond donors (Lipinski definition) is 2. The Morgan fingerprint density at radius 1 is 1.38 bits per heavy atom. The minimum Gasteiger partial charge on any atom is -0.490 e. The van der Waals surface area contributed by atoms with E-state index in [4.69, 9.17) is 10.5 Å². The molecule has 0 saturated carbocycles. The smallest absolute Gasteiger partial charge is 0.281 e. The van der Waals surface area contributed by atoms with Crippen molar-refractivity contribution in [1.29, 1.82) is 0 Å². The summed E-state index contributed by atoms with van der Waals surface area (Å²) in [5, 5.41) is -0.0297. The maximum Gasteiger partial charge on any atom is 0.281 e. The third-order valence-corrected chi connectivity index (χ3v) is 4.01. The molecule has 0 aliphatic heterocycles. The first-order chi connectivity index (χ1) is 10.1. The number of imidazole rings is 1. The Bertz CT molecular complexity index is 697. The fourth-order valence-electron chi connectivity index (χ4n) is 1.69. The summed E-state index contributed by atoms with van der Waals surface area (Å²) in [6, 6.07) is 6.78. The number of nitrogens with two attached hydrogens (primary N) is 1. The second-order valence-corrected chi connectivity index (χ2v) is 5.91. The molecule has 2 aromatic rings. The van der Waals surface area contributed by atoms with Gasteiger partial charge < -0.3 is 15.0 Å². The van der Waals surface area contributed by atoms with Crippen molar-refractivity contribution in [1.82, 2.24) is 9.55 Å². The number of hydrogen-bond acceptors (Lipinski definition) is 5. The molecule has 0 fully saturated rings. The van der Waals surface area contributed by atoms with Crippen LogP contribution in [0.3, 0.4) is 0 Å². The van der Waals surface area contributed by atoms with E-state index in [9.17, 15) is 8.42 Å². The molecule has 0 bridgehead atoms. The van der Waals surface area contributed by atoms with Crippen LogP contribution in [0.15, 0.2) is 41.8 Å². The van der Waals surface area contributed by atoms with Crippen LogP contribution in [-0.4, -0.2) is 31.1 Å². The van der Waals surface area contributed by atoms with E-state index in [0.717, 1.165) is 0 Å². The third-order valence-electron chi connectivity index (χ3n) is 2.76. The summed E-state index contributed by atoms with van der Waals surface area (Å²) in [6.07, 6.45) is 2.96. The maximum atomic E-state index is 12.3. The molecule has 7 nitrogen and oxygen atoms in total. The van der Waals surface area contributed by atoms with Crippen molar-refractivity contribution >= 4 is 15.7 Å². The Balaban J connectivity index is 2.24. The van der Waals surface area contributed by atoms with Crippen LogP contribution in [0, 0.1) is 0 Å². The molecule has 1 aromatic carbocycles. The Hall–Kier alpha value is -2.06. The van der Waals surface area contributed by atoms with E-state index < -0.39 is 10.0 Å². The molecule has 0 amide bonds. The predicted molar refractivity (Wildman–Crippen MR) is 79.7 cm³/mol. The lowest BCUT2D eigenvalue weighted by Crippen LogP contribution is -2.16. The number of anilines is 1. The van der Waals surface area contributed by atoms with E-state index in [0.29, 0.717) is 31.1 Å². The highest BCUT2D eigenvalue weighted by Crippen LogP contribution is 2.26. The Morgan fingerprint density at radius 3 is 2.81 bits per heavy atom. The molecular formula is C13H18N4O3S. The van der Waals surface area contributed by atoms with Gasteiger partial charge in [0.15, 0.2) is 5.03 Å². The van der Waals surface area contributed by atoms with Gasteiger partial charge in [0.05, 0.1) is 12.0 Å². The van der Waals surface area contributed by atoms with Gasteiger partial charge in [-0.2, -0.15) is 8.42 Å². The minimum absolute atomic E-state index is 0.0297. The highest BCUT2D eigenvalue weighted by molar-refractivity contribution is 7.92. The number of benzene rings is 1. The van der Waals surface area contributed by atoms with Crippen LogP contribution in [0.1, 0.15) is 6.92 Å². The van der Waals surface area contributed by atoms with Crippen molar-refractivity contribution in [3.8, 4) is 5.75 Å². The second kappa shape index (κ2) is 6.59. The molecule has 0 saturated heterocycles. The first-order valence-electron chi connectivity index (χ1n) is 6.53. The Kier molecular flexibility index (Phi) is 4.81. The van der Waals surface area contributed by atoms with E-state index in [1.54, 1.807) is 28.8 Å². The van der Waals surface area contributed by atoms with Crippen molar-refractivity contribution in [2.75, 3.05) is 17.9 Å². The Labute approximate surface area is 123 Å². The number of para-hydroxylation sites is 2. The molecule has 0 spiro atoms. The summed E-state index contributed by atoms with van der Waals surface area (Å²) in [5.74, 6) is 0.432. The van der Waals surface area contributed by atoms with Crippen molar-refractivity contribution in [2.45, 2.75) is 18.5 Å². The van der Waals surface area contributed by atoms with E-state index in [1.807, 2.05) is 6.92 Å². The van der Waals surface area contributed by atoms with E-state index >= 15 is 0 Å². The number of sulfonamides is 1. The van der Waals surface area contributed by atoms with E-state index in [1.165, 1.54) is 12.5 Å². The van der Waals surface area contributed by atoms with Gasteiger partial charge in [-0.25, -0.2) is 4.98 Å². The first-order valence-corrected chi connectivity index (χ1v) is 8.01. The summed E-state index contributed by atoms with van der Waals surface area (Å²) in [4.78, 5) is 3.90. The topological polar surface area (TPSA) is 99.2 Å². The van der Waals surface area contributed by atoms with Gasteiger partial charge in [0.2, 0.25) is 0 Å². The fourth-order valence-corrected chi connectivity index (χ4v) is 2.72. The molecule has 0 atom stereocenters. The van der Waals surface area contributed by atoms with Gasteiger partial charge in [-0.15, -0.1) is 0 Å². The Morgan fingerprint density at radius 2 is 2.14 bits per heavy atom. The predicted octanol–water partition coefficient (Wildman–Crippen LogP) is 1.04. The van der Waals surface area contributed by atoms with Gasteiger partial charge in [0.25, 0.3) is 10.0 Å². The quantitative estimate of drug-likeness (QED) is 0.796. The summed E-state index contributed by atoms with van der Waals surface area (Å²) < 4.78 is 34.2. The first kappa shape index (κ1) is 15.3. The monoisotopic (exact) mass is 310 g/mol. The lowest BCUT2D eigenvalue weighted by atomic mass is 10.3. The van der Waals surface area contributed by atoms with Gasteiger partial charge >= 0.3 is 0 Å². The summed E-state index contributed by atoms with van der Waals surface area (Å²) in [5.41, 5.74) is 5.74. The molecule has 114 valence electrons. The SMILES string of the molecule is CCn1cnc(S(=O)(=O)Nc2ccccc2OCCN)c1. The molecular weight excluding hydrogens is 292 g/mol. The van der Waals surface area contributed by atoms with Gasteiger partial charge in [0.1, 0.15) is 12.4 Å². The second-order valence-electron chi connectivity index (χ2n) is 4.28. The zero-order chi connectivity index (χ0) is 15.3.